The lowest BCUT2D eigenvalue weighted by molar-refractivity contribution is 0.0540. The summed E-state index contributed by atoms with van der Waals surface area (Å²) in [7, 11) is 0. The van der Waals surface area contributed by atoms with E-state index in [-0.39, 0.29) is 11.8 Å². The molecule has 6 heteroatoms. The van der Waals surface area contributed by atoms with Crippen molar-refractivity contribution in [1.29, 1.82) is 0 Å². The second kappa shape index (κ2) is 8.45. The maximum Gasteiger partial charge on any atom is 0.418 e. The zero-order valence-corrected chi connectivity index (χ0v) is 19.5. The summed E-state index contributed by atoms with van der Waals surface area (Å²) in [5.41, 5.74) is 4.06. The predicted molar refractivity (Wildman–Crippen MR) is 133 cm³/mol. The maximum absolute atomic E-state index is 13.4. The Hall–Kier alpha value is -3.93. The average Bonchev–Trinajstić information content (AvgIpc) is 3.41. The third kappa shape index (κ3) is 4.19. The zero-order valence-electron chi connectivity index (χ0n) is 19.5. The summed E-state index contributed by atoms with van der Waals surface area (Å²) in [6.45, 7) is 5.49. The molecule has 2 aromatic carbocycles. The van der Waals surface area contributed by atoms with Crippen LogP contribution in [-0.2, 0) is 11.2 Å². The van der Waals surface area contributed by atoms with Gasteiger partial charge in [-0.3, -0.25) is 14.3 Å². The summed E-state index contributed by atoms with van der Waals surface area (Å²) in [5, 5.41) is 4.48. The number of para-hydroxylation sites is 1. The van der Waals surface area contributed by atoms with Crippen LogP contribution in [0.25, 0.3) is 22.2 Å². The molecule has 0 amide bonds. The van der Waals surface area contributed by atoms with E-state index >= 15 is 0 Å². The third-order valence-electron chi connectivity index (χ3n) is 5.92. The Morgan fingerprint density at radius 2 is 1.85 bits per heavy atom. The molecule has 6 nitrogen and oxygen atoms in total. The Kier molecular flexibility index (Phi) is 5.44. The SMILES string of the molecule is CC(C)(C)OC(=O)n1cccc1-c1cccc2c1C(=O)C(CCc1ccc3ccccc3n1)N2. The number of carbonyl (C=O) groups is 2. The van der Waals surface area contributed by atoms with Crippen LogP contribution in [0.4, 0.5) is 10.5 Å². The van der Waals surface area contributed by atoms with E-state index in [2.05, 4.69) is 11.4 Å². The quantitative estimate of drug-likeness (QED) is 0.404. The van der Waals surface area contributed by atoms with Gasteiger partial charge < -0.3 is 10.1 Å². The van der Waals surface area contributed by atoms with E-state index in [9.17, 15) is 9.59 Å². The minimum Gasteiger partial charge on any atom is -0.443 e. The van der Waals surface area contributed by atoms with Crippen molar-refractivity contribution in [3.8, 4) is 11.3 Å². The molecule has 0 spiro atoms. The predicted octanol–water partition coefficient (Wildman–Crippen LogP) is 6.10. The van der Waals surface area contributed by atoms with Gasteiger partial charge in [-0.15, -0.1) is 0 Å². The van der Waals surface area contributed by atoms with Gasteiger partial charge in [-0.1, -0.05) is 36.4 Å². The number of Topliss-reactive ketones (excluding diaryl/α,β-unsaturated/α-hetero) is 1. The first kappa shape index (κ1) is 21.9. The lowest BCUT2D eigenvalue weighted by Gasteiger charge is -2.20. The molecule has 1 aliphatic rings. The first-order chi connectivity index (χ1) is 16.3. The van der Waals surface area contributed by atoms with Crippen molar-refractivity contribution < 1.29 is 14.3 Å². The number of carbonyl (C=O) groups excluding carboxylic acids is 2. The van der Waals surface area contributed by atoms with Gasteiger partial charge in [0.1, 0.15) is 5.60 Å². The molecule has 0 saturated carbocycles. The van der Waals surface area contributed by atoms with Crippen molar-refractivity contribution in [2.24, 2.45) is 0 Å². The third-order valence-corrected chi connectivity index (χ3v) is 5.92. The zero-order chi connectivity index (χ0) is 23.9. The molecular weight excluding hydrogens is 426 g/mol. The van der Waals surface area contributed by atoms with Crippen LogP contribution >= 0.6 is 0 Å². The van der Waals surface area contributed by atoms with E-state index in [0.717, 1.165) is 27.8 Å². The van der Waals surface area contributed by atoms with Crippen molar-refractivity contribution >= 4 is 28.5 Å². The number of hydrogen-bond acceptors (Lipinski definition) is 5. The monoisotopic (exact) mass is 453 g/mol. The smallest absolute Gasteiger partial charge is 0.418 e. The number of pyridine rings is 1. The normalized spacial score (nSPS) is 15.3. The highest BCUT2D eigenvalue weighted by atomic mass is 16.6. The highest BCUT2D eigenvalue weighted by Crippen LogP contribution is 2.36. The number of benzene rings is 2. The van der Waals surface area contributed by atoms with Crippen LogP contribution in [0.2, 0.25) is 0 Å². The second-order valence-electron chi connectivity index (χ2n) is 9.57. The Morgan fingerprint density at radius 3 is 2.68 bits per heavy atom. The van der Waals surface area contributed by atoms with Gasteiger partial charge in [-0.25, -0.2) is 4.79 Å². The molecule has 4 aromatic rings. The van der Waals surface area contributed by atoms with E-state index in [4.69, 9.17) is 9.72 Å². The Bertz CT molecular complexity index is 1400. The molecule has 0 aliphatic carbocycles. The number of aromatic nitrogens is 2. The molecule has 1 N–H and O–H groups in total. The lowest BCUT2D eigenvalue weighted by atomic mass is 9.97. The van der Waals surface area contributed by atoms with Gasteiger partial charge in [0.05, 0.1) is 22.8 Å². The molecule has 172 valence electrons. The molecule has 2 aromatic heterocycles. The molecule has 1 unspecified atom stereocenters. The van der Waals surface area contributed by atoms with E-state index in [1.54, 1.807) is 12.3 Å². The number of nitrogens with zero attached hydrogens (tertiary/aromatic N) is 2. The van der Waals surface area contributed by atoms with Crippen molar-refractivity contribution in [1.82, 2.24) is 9.55 Å². The largest absolute Gasteiger partial charge is 0.443 e. The number of rotatable bonds is 4. The van der Waals surface area contributed by atoms with Gasteiger partial charge in [0.25, 0.3) is 0 Å². The van der Waals surface area contributed by atoms with Crippen molar-refractivity contribution in [3.05, 3.63) is 84.2 Å². The van der Waals surface area contributed by atoms with E-state index < -0.39 is 11.7 Å². The van der Waals surface area contributed by atoms with Gasteiger partial charge in [-0.2, -0.15) is 0 Å². The average molecular weight is 454 g/mol. The van der Waals surface area contributed by atoms with Crippen molar-refractivity contribution in [2.75, 3.05) is 5.32 Å². The highest BCUT2D eigenvalue weighted by Gasteiger charge is 2.33. The molecule has 0 bridgehead atoms. The molecule has 34 heavy (non-hydrogen) atoms. The fraction of sp³-hybridized carbons (Fsp3) is 0.250. The molecule has 1 atom stereocenters. The van der Waals surface area contributed by atoms with E-state index in [1.807, 2.05) is 75.4 Å². The highest BCUT2D eigenvalue weighted by molar-refractivity contribution is 6.15. The number of nitrogens with one attached hydrogen (secondary N) is 1. The number of anilines is 1. The molecular formula is C28H27N3O3. The number of ether oxygens (including phenoxy) is 1. The first-order valence-corrected chi connectivity index (χ1v) is 11.5. The van der Waals surface area contributed by atoms with E-state index in [1.165, 1.54) is 4.57 Å². The van der Waals surface area contributed by atoms with Gasteiger partial charge in [0, 0.05) is 28.5 Å². The molecule has 0 fully saturated rings. The van der Waals surface area contributed by atoms with Crippen LogP contribution in [0.1, 0.15) is 43.2 Å². The Labute approximate surface area is 198 Å². The summed E-state index contributed by atoms with van der Waals surface area (Å²) in [5.74, 6) is 0.0309. The fourth-order valence-corrected chi connectivity index (χ4v) is 4.39. The lowest BCUT2D eigenvalue weighted by Crippen LogP contribution is -2.27. The van der Waals surface area contributed by atoms with Gasteiger partial charge in [-0.05, 0) is 63.9 Å². The van der Waals surface area contributed by atoms with E-state index in [0.29, 0.717) is 24.1 Å². The first-order valence-electron chi connectivity index (χ1n) is 11.5. The summed E-state index contributed by atoms with van der Waals surface area (Å²) in [6, 6.07) is 21.1. The van der Waals surface area contributed by atoms with Gasteiger partial charge in [0.2, 0.25) is 0 Å². The van der Waals surface area contributed by atoms with Crippen LogP contribution in [0, 0.1) is 0 Å². The molecule has 5 rings (SSSR count). The summed E-state index contributed by atoms with van der Waals surface area (Å²) >= 11 is 0. The second-order valence-corrected chi connectivity index (χ2v) is 9.57. The molecule has 3 heterocycles. The summed E-state index contributed by atoms with van der Waals surface area (Å²) in [4.78, 5) is 30.9. The van der Waals surface area contributed by atoms with Crippen LogP contribution in [0.5, 0.6) is 0 Å². The minimum absolute atomic E-state index is 0.0309. The Balaban J connectivity index is 1.38. The maximum atomic E-state index is 13.4. The van der Waals surface area contributed by atoms with Crippen LogP contribution in [0.15, 0.2) is 72.9 Å². The molecule has 0 saturated heterocycles. The van der Waals surface area contributed by atoms with Gasteiger partial charge >= 0.3 is 6.09 Å². The van der Waals surface area contributed by atoms with Gasteiger partial charge in [0.15, 0.2) is 5.78 Å². The topological polar surface area (TPSA) is 73.2 Å². The number of hydrogen-bond donors (Lipinski definition) is 1. The van der Waals surface area contributed by atoms with Crippen molar-refractivity contribution in [2.45, 2.75) is 45.3 Å². The summed E-state index contributed by atoms with van der Waals surface area (Å²) in [6.07, 6.45) is 2.51. The van der Waals surface area contributed by atoms with Crippen LogP contribution in [0.3, 0.4) is 0 Å². The molecule has 0 radical (unpaired) electrons. The van der Waals surface area contributed by atoms with Crippen LogP contribution in [-0.4, -0.2) is 33.1 Å². The molecule has 1 aliphatic heterocycles. The number of fused-ring (bicyclic) bond motifs is 2. The Morgan fingerprint density at radius 1 is 1.03 bits per heavy atom. The fourth-order valence-electron chi connectivity index (χ4n) is 4.39. The number of aryl methyl sites for hydroxylation is 1. The standard InChI is InChI=1S/C28H27N3O3/c1-28(2,3)34-27(33)31-17-7-12-24(31)20-9-6-11-22-25(20)26(32)23(30-22)16-15-19-14-13-18-8-4-5-10-21(18)29-19/h4-14,17,23,30H,15-16H2,1-3H3. The van der Waals surface area contributed by atoms with Crippen molar-refractivity contribution in [3.63, 3.8) is 0 Å². The number of ketones is 1. The summed E-state index contributed by atoms with van der Waals surface area (Å²) < 4.78 is 7.00. The van der Waals surface area contributed by atoms with Crippen LogP contribution < -0.4 is 5.32 Å². The minimum atomic E-state index is -0.615.